The quantitative estimate of drug-likeness (QED) is 0.511. The molecule has 0 atom stereocenters. The predicted molar refractivity (Wildman–Crippen MR) is 108 cm³/mol. The molecule has 0 saturated carbocycles. The molecule has 1 aromatic rings. The smallest absolute Gasteiger partial charge is 0.271 e. The van der Waals surface area contributed by atoms with Crippen LogP contribution in [-0.4, -0.2) is 42.4 Å². The fourth-order valence-electron chi connectivity index (χ4n) is 1.84. The molecule has 1 rings (SSSR count). The topological polar surface area (TPSA) is 90.5 Å². The first-order valence-corrected chi connectivity index (χ1v) is 10.1. The van der Waals surface area contributed by atoms with Crippen LogP contribution in [0.25, 0.3) is 0 Å². The molecule has 3 N–H and O–H groups in total. The molecular formula is C16H25ClN4O3S2. The molecule has 1 aromatic carbocycles. The molecule has 10 heteroatoms. The number of benzene rings is 1. The van der Waals surface area contributed by atoms with Gasteiger partial charge in [-0.2, -0.15) is 4.31 Å². The molecule has 0 unspecified atom stereocenters. The normalized spacial score (nSPS) is 12.2. The molecule has 0 fully saturated rings. The largest absolute Gasteiger partial charge is 0.357 e. The first-order chi connectivity index (χ1) is 11.8. The molecule has 26 heavy (non-hydrogen) atoms. The van der Waals surface area contributed by atoms with E-state index in [0.717, 1.165) is 0 Å². The van der Waals surface area contributed by atoms with Crippen molar-refractivity contribution in [3.05, 3.63) is 28.8 Å². The summed E-state index contributed by atoms with van der Waals surface area (Å²) in [5.74, 6) is -0.600. The average molecular weight is 421 g/mol. The van der Waals surface area contributed by atoms with Crippen molar-refractivity contribution >= 4 is 44.9 Å². The van der Waals surface area contributed by atoms with E-state index in [-0.39, 0.29) is 32.2 Å². The Bertz CT molecular complexity index is 789. The molecule has 0 aromatic heterocycles. The third-order valence-electron chi connectivity index (χ3n) is 3.36. The number of carbonyl (C=O) groups is 1. The van der Waals surface area contributed by atoms with Crippen LogP contribution in [0.15, 0.2) is 23.1 Å². The highest BCUT2D eigenvalue weighted by atomic mass is 35.5. The zero-order valence-electron chi connectivity index (χ0n) is 15.7. The Kier molecular flexibility index (Phi) is 7.41. The van der Waals surface area contributed by atoms with E-state index in [1.165, 1.54) is 29.6 Å². The van der Waals surface area contributed by atoms with Gasteiger partial charge in [0.1, 0.15) is 0 Å². The van der Waals surface area contributed by atoms with Crippen molar-refractivity contribution < 1.29 is 13.2 Å². The van der Waals surface area contributed by atoms with Crippen molar-refractivity contribution in [2.75, 3.05) is 7.05 Å². The molecule has 0 heterocycles. The van der Waals surface area contributed by atoms with Crippen molar-refractivity contribution in [2.24, 2.45) is 0 Å². The summed E-state index contributed by atoms with van der Waals surface area (Å²) in [4.78, 5) is 12.3. The Labute approximate surface area is 165 Å². The SMILES string of the molecule is CC(C)N(C)S(=O)(=O)c1ccc(Cl)c(C(=O)NNC(=S)NC(C)(C)C)c1. The van der Waals surface area contributed by atoms with E-state index in [4.69, 9.17) is 23.8 Å². The minimum atomic E-state index is -3.73. The van der Waals surface area contributed by atoms with Gasteiger partial charge in [-0.15, -0.1) is 0 Å². The number of hydrogen-bond acceptors (Lipinski definition) is 4. The molecule has 1 amide bonds. The minimum absolute atomic E-state index is 0.0151. The number of sulfonamides is 1. The van der Waals surface area contributed by atoms with E-state index >= 15 is 0 Å². The first-order valence-electron chi connectivity index (χ1n) is 7.92. The lowest BCUT2D eigenvalue weighted by Gasteiger charge is -2.23. The number of amides is 1. The molecule has 0 aliphatic carbocycles. The van der Waals surface area contributed by atoms with Crippen molar-refractivity contribution in [3.63, 3.8) is 0 Å². The number of nitrogens with one attached hydrogen (secondary N) is 3. The molecule has 7 nitrogen and oxygen atoms in total. The highest BCUT2D eigenvalue weighted by molar-refractivity contribution is 7.89. The Morgan fingerprint density at radius 3 is 2.31 bits per heavy atom. The summed E-state index contributed by atoms with van der Waals surface area (Å²) in [5.41, 5.74) is 4.72. The van der Waals surface area contributed by atoms with Gasteiger partial charge in [0, 0.05) is 18.6 Å². The van der Waals surface area contributed by atoms with Crippen LogP contribution in [0.2, 0.25) is 5.02 Å². The number of nitrogens with zero attached hydrogens (tertiary/aromatic N) is 1. The summed E-state index contributed by atoms with van der Waals surface area (Å²) in [6, 6.07) is 3.76. The monoisotopic (exact) mass is 420 g/mol. The molecule has 146 valence electrons. The van der Waals surface area contributed by atoms with Crippen LogP contribution in [0.4, 0.5) is 0 Å². The van der Waals surface area contributed by atoms with Crippen molar-refractivity contribution in [1.82, 2.24) is 20.5 Å². The molecule has 0 spiro atoms. The van der Waals surface area contributed by atoms with E-state index in [2.05, 4.69) is 16.2 Å². The summed E-state index contributed by atoms with van der Waals surface area (Å²) < 4.78 is 26.4. The maximum absolute atomic E-state index is 12.6. The van der Waals surface area contributed by atoms with E-state index in [1.807, 2.05) is 20.8 Å². The lowest BCUT2D eigenvalue weighted by Crippen LogP contribution is -2.52. The lowest BCUT2D eigenvalue weighted by molar-refractivity contribution is 0.0943. The van der Waals surface area contributed by atoms with Crippen molar-refractivity contribution in [1.29, 1.82) is 0 Å². The molecule has 0 radical (unpaired) electrons. The van der Waals surface area contributed by atoms with Crippen LogP contribution in [0.5, 0.6) is 0 Å². The number of halogens is 1. The minimum Gasteiger partial charge on any atom is -0.357 e. The second-order valence-electron chi connectivity index (χ2n) is 7.04. The standard InChI is InChI=1S/C16H25ClN4O3S2/c1-10(2)21(6)26(23,24)11-7-8-13(17)12(9-11)14(22)19-20-15(25)18-16(3,4)5/h7-10H,1-6H3,(H,19,22)(H2,18,20,25). The van der Waals surface area contributed by atoms with Crippen LogP contribution in [-0.2, 0) is 10.0 Å². The van der Waals surface area contributed by atoms with Crippen molar-refractivity contribution in [2.45, 2.75) is 51.1 Å². The van der Waals surface area contributed by atoms with Gasteiger partial charge in [-0.3, -0.25) is 15.6 Å². The maximum Gasteiger partial charge on any atom is 0.271 e. The molecule has 0 aliphatic heterocycles. The van der Waals surface area contributed by atoms with Crippen LogP contribution in [0.3, 0.4) is 0 Å². The number of hydrazine groups is 1. The van der Waals surface area contributed by atoms with Gasteiger partial charge in [-0.1, -0.05) is 11.6 Å². The molecular weight excluding hydrogens is 396 g/mol. The number of rotatable bonds is 4. The molecule has 0 saturated heterocycles. The van der Waals surface area contributed by atoms with Crippen LogP contribution < -0.4 is 16.2 Å². The van der Waals surface area contributed by atoms with Crippen LogP contribution in [0.1, 0.15) is 45.0 Å². The van der Waals surface area contributed by atoms with Gasteiger partial charge in [0.15, 0.2) is 5.11 Å². The predicted octanol–water partition coefficient (Wildman–Crippen LogP) is 2.28. The van der Waals surface area contributed by atoms with Crippen LogP contribution in [0, 0.1) is 0 Å². The summed E-state index contributed by atoms with van der Waals surface area (Å²) in [6.45, 7) is 9.26. The highest BCUT2D eigenvalue weighted by Crippen LogP contribution is 2.23. The number of carbonyl (C=O) groups excluding carboxylic acids is 1. The van der Waals surface area contributed by atoms with Gasteiger partial charge < -0.3 is 5.32 Å². The van der Waals surface area contributed by atoms with E-state index in [0.29, 0.717) is 0 Å². The van der Waals surface area contributed by atoms with Crippen molar-refractivity contribution in [3.8, 4) is 0 Å². The fraction of sp³-hybridized carbons (Fsp3) is 0.500. The summed E-state index contributed by atoms with van der Waals surface area (Å²) in [7, 11) is -2.25. The highest BCUT2D eigenvalue weighted by Gasteiger charge is 2.25. The molecule has 0 aliphatic rings. The second kappa shape index (κ2) is 8.51. The third-order valence-corrected chi connectivity index (χ3v) is 5.93. The van der Waals surface area contributed by atoms with E-state index in [9.17, 15) is 13.2 Å². The summed E-state index contributed by atoms with van der Waals surface area (Å²) in [5, 5.41) is 3.33. The third kappa shape index (κ3) is 6.08. The van der Waals surface area contributed by atoms with Gasteiger partial charge in [0.05, 0.1) is 15.5 Å². The maximum atomic E-state index is 12.6. The zero-order chi connectivity index (χ0) is 20.3. The van der Waals surface area contributed by atoms with Gasteiger partial charge in [-0.05, 0) is 65.0 Å². The second-order valence-corrected chi connectivity index (χ2v) is 9.85. The summed E-state index contributed by atoms with van der Waals surface area (Å²) >= 11 is 11.1. The Morgan fingerprint density at radius 1 is 1.23 bits per heavy atom. The molecule has 0 bridgehead atoms. The van der Waals surface area contributed by atoms with Gasteiger partial charge in [0.25, 0.3) is 5.91 Å². The van der Waals surface area contributed by atoms with E-state index < -0.39 is 15.9 Å². The van der Waals surface area contributed by atoms with Gasteiger partial charge in [0.2, 0.25) is 10.0 Å². The number of hydrogen-bond donors (Lipinski definition) is 3. The lowest BCUT2D eigenvalue weighted by atomic mass is 10.1. The van der Waals surface area contributed by atoms with Gasteiger partial charge in [-0.25, -0.2) is 8.42 Å². The van der Waals surface area contributed by atoms with E-state index in [1.54, 1.807) is 13.8 Å². The van der Waals surface area contributed by atoms with Gasteiger partial charge >= 0.3 is 0 Å². The zero-order valence-corrected chi connectivity index (χ0v) is 18.1. The summed E-state index contributed by atoms with van der Waals surface area (Å²) in [6.07, 6.45) is 0. The Morgan fingerprint density at radius 2 is 1.81 bits per heavy atom. The Balaban J connectivity index is 3.00. The fourth-order valence-corrected chi connectivity index (χ4v) is 3.79. The Hall–Kier alpha value is -1.42. The number of thiocarbonyl (C=S) groups is 1. The average Bonchev–Trinajstić information content (AvgIpc) is 2.50. The van der Waals surface area contributed by atoms with Crippen LogP contribution >= 0.6 is 23.8 Å². The first kappa shape index (κ1) is 22.6.